The minimum atomic E-state index is 0. The van der Waals surface area contributed by atoms with Crippen LogP contribution in [-0.4, -0.2) is 0 Å². The van der Waals surface area contributed by atoms with Gasteiger partial charge >= 0.3 is 26.2 Å². The summed E-state index contributed by atoms with van der Waals surface area (Å²) in [5.41, 5.74) is 5.56. The molecule has 0 nitrogen and oxygen atoms in total. The quantitative estimate of drug-likeness (QED) is 0.518. The Kier molecular flexibility index (Phi) is 14.6. The molecule has 0 spiro atoms. The minimum Gasteiger partial charge on any atom is -1.00 e. The van der Waals surface area contributed by atoms with Crippen molar-refractivity contribution in [3.63, 3.8) is 0 Å². The van der Waals surface area contributed by atoms with Crippen molar-refractivity contribution in [2.24, 2.45) is 0 Å². The van der Waals surface area contributed by atoms with E-state index in [4.69, 9.17) is 0 Å². The Morgan fingerprint density at radius 1 is 0.727 bits per heavy atom. The van der Waals surface area contributed by atoms with E-state index in [1.165, 1.54) is 22.3 Å². The second kappa shape index (κ2) is 13.7. The number of benzene rings is 1. The van der Waals surface area contributed by atoms with Crippen molar-refractivity contribution in [1.82, 2.24) is 0 Å². The Labute approximate surface area is 160 Å². The Morgan fingerprint density at radius 3 is 1.23 bits per heavy atom. The van der Waals surface area contributed by atoms with Gasteiger partial charge in [-0.2, -0.15) is 70.8 Å². The molecule has 2 heteroatoms. The molecule has 0 N–H and O–H groups in total. The molecule has 3 aromatic rings. The van der Waals surface area contributed by atoms with Gasteiger partial charge in [-0.15, -0.1) is 0 Å². The summed E-state index contributed by atoms with van der Waals surface area (Å²) in [5, 5.41) is 0. The first kappa shape index (κ1) is 23.4. The molecule has 0 radical (unpaired) electrons. The normalized spacial score (nSPS) is 8.18. The third-order valence-corrected chi connectivity index (χ3v) is 3.24. The van der Waals surface area contributed by atoms with Gasteiger partial charge in [-0.3, -0.25) is 0 Å². The summed E-state index contributed by atoms with van der Waals surface area (Å²) < 4.78 is 0. The van der Waals surface area contributed by atoms with E-state index in [0.29, 0.717) is 0 Å². The van der Waals surface area contributed by atoms with Gasteiger partial charge in [-0.25, -0.2) is 24.3 Å². The minimum absolute atomic E-state index is 0. The molecule has 0 fully saturated rings. The molecule has 0 aromatic heterocycles. The van der Waals surface area contributed by atoms with E-state index >= 15 is 0 Å². The fourth-order valence-electron chi connectivity index (χ4n) is 1.54. The van der Waals surface area contributed by atoms with Gasteiger partial charge in [0.1, 0.15) is 0 Å². The number of hydrogen-bond donors (Lipinski definition) is 0. The van der Waals surface area contributed by atoms with E-state index in [0.717, 1.165) is 0 Å². The predicted octanol–water partition coefficient (Wildman–Crippen LogP) is 2.53. The molecule has 22 heavy (non-hydrogen) atoms. The maximum absolute atomic E-state index is 2.89. The van der Waals surface area contributed by atoms with E-state index < -0.39 is 0 Å². The van der Waals surface area contributed by atoms with Gasteiger partial charge in [0, 0.05) is 0 Å². The summed E-state index contributed by atoms with van der Waals surface area (Å²) in [6, 6.07) is 25.1. The first-order chi connectivity index (χ1) is 9.61. The third-order valence-electron chi connectivity index (χ3n) is 3.24. The van der Waals surface area contributed by atoms with Crippen molar-refractivity contribution in [3.8, 4) is 0 Å². The third kappa shape index (κ3) is 9.93. The van der Waals surface area contributed by atoms with Gasteiger partial charge in [0.25, 0.3) is 0 Å². The predicted molar refractivity (Wildman–Crippen MR) is 88.3 cm³/mol. The Morgan fingerprint density at radius 2 is 1.14 bits per heavy atom. The van der Waals surface area contributed by atoms with Crippen LogP contribution in [0.25, 0.3) is 0 Å². The summed E-state index contributed by atoms with van der Waals surface area (Å²) in [7, 11) is 0. The molecule has 0 aliphatic rings. The van der Waals surface area contributed by atoms with Crippen LogP contribution in [0.15, 0.2) is 66.7 Å². The van der Waals surface area contributed by atoms with Crippen LogP contribution in [0.3, 0.4) is 0 Å². The van der Waals surface area contributed by atoms with Crippen LogP contribution in [0.2, 0.25) is 0 Å². The molecule has 0 saturated carbocycles. The summed E-state index contributed by atoms with van der Waals surface area (Å²) in [4.78, 5) is 0. The first-order valence-electron chi connectivity index (χ1n) is 6.90. The van der Waals surface area contributed by atoms with Crippen molar-refractivity contribution in [1.29, 1.82) is 0 Å². The van der Waals surface area contributed by atoms with E-state index in [2.05, 4.69) is 70.2 Å². The van der Waals surface area contributed by atoms with Gasteiger partial charge < -0.3 is 12.4 Å². The number of hydrogen-bond acceptors (Lipinski definition) is 0. The summed E-state index contributed by atoms with van der Waals surface area (Å²) in [6.45, 7) is 8.48. The van der Waals surface area contributed by atoms with Crippen LogP contribution < -0.4 is 12.4 Å². The van der Waals surface area contributed by atoms with Crippen LogP contribution in [0.5, 0.6) is 0 Å². The SMILES string of the molecule is Cc1ccc[c-]1C.Cc1ccc[c-]1C.[Cl-].[Zr+4].[c-]1ccccc1. The van der Waals surface area contributed by atoms with E-state index in [-0.39, 0.29) is 38.6 Å². The first-order valence-corrected chi connectivity index (χ1v) is 6.90. The standard InChI is InChI=1S/2C7H9.C6H5.ClH.Zr/c2*1-6-4-3-5-7(6)2;1-2-4-6-5-3-1;;/h2*3-5H,1-2H3;1-5H;1H;/q3*-1;;+4/p-1. The Bertz CT molecular complexity index is 481. The second-order valence-corrected chi connectivity index (χ2v) is 4.86. The Hall–Kier alpha value is -0.907. The molecule has 0 unspecified atom stereocenters. The molecule has 0 bridgehead atoms. The zero-order valence-electron chi connectivity index (χ0n) is 13.7. The molecular formula is C20H23ClZr. The van der Waals surface area contributed by atoms with Crippen molar-refractivity contribution < 1.29 is 38.6 Å². The van der Waals surface area contributed by atoms with Crippen LogP contribution in [0.4, 0.5) is 0 Å². The van der Waals surface area contributed by atoms with E-state index in [1.54, 1.807) is 0 Å². The van der Waals surface area contributed by atoms with Crippen LogP contribution in [0.1, 0.15) is 22.3 Å². The van der Waals surface area contributed by atoms with Crippen molar-refractivity contribution in [2.45, 2.75) is 27.7 Å². The number of halogens is 1. The average Bonchev–Trinajstić information content (AvgIpc) is 3.03. The van der Waals surface area contributed by atoms with Gasteiger partial charge in [0.15, 0.2) is 0 Å². The molecule has 0 atom stereocenters. The zero-order valence-corrected chi connectivity index (χ0v) is 16.9. The number of rotatable bonds is 0. The summed E-state index contributed by atoms with van der Waals surface area (Å²) in [6.07, 6.45) is 0. The van der Waals surface area contributed by atoms with Gasteiger partial charge in [0.05, 0.1) is 0 Å². The molecule has 0 aliphatic heterocycles. The summed E-state index contributed by atoms with van der Waals surface area (Å²) in [5.74, 6) is 0. The monoisotopic (exact) mass is 388 g/mol. The van der Waals surface area contributed by atoms with Crippen LogP contribution in [0, 0.1) is 33.8 Å². The van der Waals surface area contributed by atoms with Crippen LogP contribution >= 0.6 is 0 Å². The van der Waals surface area contributed by atoms with Crippen LogP contribution in [-0.2, 0) is 26.2 Å². The molecule has 0 saturated heterocycles. The van der Waals surface area contributed by atoms with E-state index in [1.807, 2.05) is 30.3 Å². The zero-order chi connectivity index (χ0) is 14.8. The topological polar surface area (TPSA) is 0 Å². The molecule has 114 valence electrons. The number of aryl methyl sites for hydroxylation is 4. The maximum atomic E-state index is 2.89. The largest absolute Gasteiger partial charge is 4.00 e. The second-order valence-electron chi connectivity index (χ2n) is 4.86. The average molecular weight is 390 g/mol. The molecule has 0 amide bonds. The fraction of sp³-hybridized carbons (Fsp3) is 0.200. The van der Waals surface area contributed by atoms with E-state index in [9.17, 15) is 0 Å². The molecular weight excluding hydrogens is 367 g/mol. The van der Waals surface area contributed by atoms with Crippen molar-refractivity contribution >= 4 is 0 Å². The van der Waals surface area contributed by atoms with Crippen molar-refractivity contribution in [2.75, 3.05) is 0 Å². The van der Waals surface area contributed by atoms with Crippen molar-refractivity contribution in [3.05, 3.63) is 95.1 Å². The fourth-order valence-corrected chi connectivity index (χ4v) is 1.54. The molecule has 3 aromatic carbocycles. The molecule has 3 rings (SSSR count). The summed E-state index contributed by atoms with van der Waals surface area (Å²) >= 11 is 0. The van der Waals surface area contributed by atoms with Gasteiger partial charge in [0.2, 0.25) is 0 Å². The van der Waals surface area contributed by atoms with Gasteiger partial charge in [-0.05, 0) is 0 Å². The molecule has 0 heterocycles. The smallest absolute Gasteiger partial charge is 1.00 e. The van der Waals surface area contributed by atoms with Gasteiger partial charge in [-0.1, -0.05) is 27.7 Å². The molecule has 0 aliphatic carbocycles. The maximum Gasteiger partial charge on any atom is 4.00 e. The Balaban J connectivity index is 0.